The summed E-state index contributed by atoms with van der Waals surface area (Å²) in [5.74, 6) is 0.267. The van der Waals surface area contributed by atoms with Crippen molar-refractivity contribution < 1.29 is 9.90 Å². The van der Waals surface area contributed by atoms with Crippen molar-refractivity contribution in [3.05, 3.63) is 0 Å². The number of carbonyl (C=O) groups is 1. The van der Waals surface area contributed by atoms with Crippen molar-refractivity contribution >= 4 is 6.03 Å². The van der Waals surface area contributed by atoms with Crippen molar-refractivity contribution in [2.24, 2.45) is 5.92 Å². The Bertz CT molecular complexity index is 248. The molecule has 1 fully saturated rings. The van der Waals surface area contributed by atoms with Gasteiger partial charge in [-0.2, -0.15) is 0 Å². The smallest absolute Gasteiger partial charge is 0.317 e. The maximum atomic E-state index is 11.8. The van der Waals surface area contributed by atoms with Gasteiger partial charge in [0, 0.05) is 38.7 Å². The third-order valence-electron chi connectivity index (χ3n) is 3.49. The van der Waals surface area contributed by atoms with Gasteiger partial charge in [-0.25, -0.2) is 4.79 Å². The van der Waals surface area contributed by atoms with Crippen molar-refractivity contribution in [1.29, 1.82) is 0 Å². The number of unbranched alkanes of at least 4 members (excludes halogenated alkanes) is 1. The van der Waals surface area contributed by atoms with Gasteiger partial charge < -0.3 is 20.2 Å². The van der Waals surface area contributed by atoms with E-state index in [9.17, 15) is 4.79 Å². The van der Waals surface area contributed by atoms with Gasteiger partial charge in [-0.15, -0.1) is 0 Å². The van der Waals surface area contributed by atoms with Crippen molar-refractivity contribution in [3.63, 3.8) is 0 Å². The molecule has 0 radical (unpaired) electrons. The first-order chi connectivity index (χ1) is 8.67. The third kappa shape index (κ3) is 5.23. The van der Waals surface area contributed by atoms with Crippen LogP contribution in [0, 0.1) is 5.92 Å². The Hall–Kier alpha value is -0.810. The fraction of sp³-hybridized carbons (Fsp3) is 0.923. The minimum Gasteiger partial charge on any atom is -0.396 e. The standard InChI is InChI=1S/C13H27N3O2/c1-3-4-7-15(2)9-6-14-13(18)16-8-5-12(10-16)11-17/h12,17H,3-11H2,1-2H3,(H,14,18). The molecule has 1 atom stereocenters. The zero-order chi connectivity index (χ0) is 13.4. The van der Waals surface area contributed by atoms with E-state index in [-0.39, 0.29) is 18.6 Å². The number of hydrogen-bond acceptors (Lipinski definition) is 3. The Labute approximate surface area is 110 Å². The first-order valence-electron chi connectivity index (χ1n) is 6.99. The highest BCUT2D eigenvalue weighted by molar-refractivity contribution is 5.74. The molecular formula is C13H27N3O2. The highest BCUT2D eigenvalue weighted by Gasteiger charge is 2.25. The summed E-state index contributed by atoms with van der Waals surface area (Å²) >= 11 is 0. The van der Waals surface area contributed by atoms with Gasteiger partial charge in [0.25, 0.3) is 0 Å². The summed E-state index contributed by atoms with van der Waals surface area (Å²) in [5.41, 5.74) is 0. The SMILES string of the molecule is CCCCN(C)CCNC(=O)N1CCC(CO)C1. The Morgan fingerprint density at radius 2 is 2.28 bits per heavy atom. The number of hydrogen-bond donors (Lipinski definition) is 2. The average molecular weight is 257 g/mol. The topological polar surface area (TPSA) is 55.8 Å². The minimum atomic E-state index is 0.00911. The fourth-order valence-corrected chi connectivity index (χ4v) is 2.17. The maximum Gasteiger partial charge on any atom is 0.317 e. The molecular weight excluding hydrogens is 230 g/mol. The second kappa shape index (κ2) is 8.32. The van der Waals surface area contributed by atoms with E-state index < -0.39 is 0 Å². The maximum absolute atomic E-state index is 11.8. The number of likely N-dealkylation sites (tertiary alicyclic amines) is 1. The Kier molecular flexibility index (Phi) is 7.05. The molecule has 1 saturated heterocycles. The molecule has 5 heteroatoms. The summed E-state index contributed by atoms with van der Waals surface area (Å²) in [6, 6.07) is 0.00911. The summed E-state index contributed by atoms with van der Waals surface area (Å²) in [5, 5.41) is 12.0. The third-order valence-corrected chi connectivity index (χ3v) is 3.49. The summed E-state index contributed by atoms with van der Waals surface area (Å²) < 4.78 is 0. The van der Waals surface area contributed by atoms with Crippen molar-refractivity contribution in [2.45, 2.75) is 26.2 Å². The monoisotopic (exact) mass is 257 g/mol. The highest BCUT2D eigenvalue weighted by atomic mass is 16.3. The van der Waals surface area contributed by atoms with Crippen LogP contribution in [0.25, 0.3) is 0 Å². The minimum absolute atomic E-state index is 0.00911. The zero-order valence-electron chi connectivity index (χ0n) is 11.7. The molecule has 0 aromatic heterocycles. The van der Waals surface area contributed by atoms with E-state index in [2.05, 4.69) is 24.2 Å². The number of urea groups is 1. The van der Waals surface area contributed by atoms with Crippen molar-refractivity contribution in [2.75, 3.05) is 46.4 Å². The predicted molar refractivity (Wildman–Crippen MR) is 72.6 cm³/mol. The summed E-state index contributed by atoms with van der Waals surface area (Å²) in [6.45, 7) is 6.49. The highest BCUT2D eigenvalue weighted by Crippen LogP contribution is 2.14. The molecule has 1 aliphatic rings. The molecule has 0 aromatic rings. The van der Waals surface area contributed by atoms with Crippen LogP contribution in [0.3, 0.4) is 0 Å². The van der Waals surface area contributed by atoms with E-state index >= 15 is 0 Å². The van der Waals surface area contributed by atoms with Crippen molar-refractivity contribution in [3.8, 4) is 0 Å². The molecule has 106 valence electrons. The Morgan fingerprint density at radius 3 is 2.89 bits per heavy atom. The number of carbonyl (C=O) groups excluding carboxylic acids is 1. The van der Waals surface area contributed by atoms with E-state index in [1.54, 1.807) is 4.90 Å². The lowest BCUT2D eigenvalue weighted by molar-refractivity contribution is 0.197. The van der Waals surface area contributed by atoms with Crippen LogP contribution in [0.15, 0.2) is 0 Å². The van der Waals surface area contributed by atoms with Crippen LogP contribution in [-0.4, -0.2) is 67.3 Å². The van der Waals surface area contributed by atoms with Crippen LogP contribution < -0.4 is 5.32 Å². The van der Waals surface area contributed by atoms with Gasteiger partial charge in [0.05, 0.1) is 0 Å². The van der Waals surface area contributed by atoms with E-state index in [0.717, 1.165) is 26.1 Å². The number of rotatable bonds is 7. The van der Waals surface area contributed by atoms with Gasteiger partial charge in [-0.05, 0) is 26.4 Å². The Morgan fingerprint density at radius 1 is 1.50 bits per heavy atom. The second-order valence-electron chi connectivity index (χ2n) is 5.17. The van der Waals surface area contributed by atoms with Crippen LogP contribution >= 0.6 is 0 Å². The van der Waals surface area contributed by atoms with Gasteiger partial charge in [0.2, 0.25) is 0 Å². The summed E-state index contributed by atoms with van der Waals surface area (Å²) in [7, 11) is 2.08. The number of nitrogens with zero attached hydrogens (tertiary/aromatic N) is 2. The molecule has 1 heterocycles. The molecule has 0 aliphatic carbocycles. The molecule has 0 spiro atoms. The number of nitrogens with one attached hydrogen (secondary N) is 1. The molecule has 18 heavy (non-hydrogen) atoms. The van der Waals surface area contributed by atoms with Gasteiger partial charge in [0.1, 0.15) is 0 Å². The van der Waals surface area contributed by atoms with Gasteiger partial charge in [-0.3, -0.25) is 0 Å². The number of aliphatic hydroxyl groups is 1. The van der Waals surface area contributed by atoms with Gasteiger partial charge in [0.15, 0.2) is 0 Å². The molecule has 2 amide bonds. The molecule has 1 unspecified atom stereocenters. The van der Waals surface area contributed by atoms with Crippen LogP contribution in [0.2, 0.25) is 0 Å². The number of aliphatic hydroxyl groups excluding tert-OH is 1. The predicted octanol–water partition coefficient (Wildman–Crippen LogP) is 0.742. The average Bonchev–Trinajstić information content (AvgIpc) is 2.85. The lowest BCUT2D eigenvalue weighted by Crippen LogP contribution is -2.41. The molecule has 1 aliphatic heterocycles. The molecule has 1 rings (SSSR count). The number of amides is 2. The summed E-state index contributed by atoms with van der Waals surface area (Å²) in [4.78, 5) is 15.9. The molecule has 0 bridgehead atoms. The first-order valence-corrected chi connectivity index (χ1v) is 6.99. The van der Waals surface area contributed by atoms with Crippen LogP contribution in [0.1, 0.15) is 26.2 Å². The number of likely N-dealkylation sites (N-methyl/N-ethyl adjacent to an activating group) is 1. The quantitative estimate of drug-likeness (QED) is 0.707. The van der Waals surface area contributed by atoms with Crippen LogP contribution in [0.5, 0.6) is 0 Å². The lowest BCUT2D eigenvalue weighted by Gasteiger charge is -2.20. The zero-order valence-corrected chi connectivity index (χ0v) is 11.7. The molecule has 5 nitrogen and oxygen atoms in total. The largest absolute Gasteiger partial charge is 0.396 e. The molecule has 2 N–H and O–H groups in total. The van der Waals surface area contributed by atoms with Crippen molar-refractivity contribution in [1.82, 2.24) is 15.1 Å². The summed E-state index contributed by atoms with van der Waals surface area (Å²) in [6.07, 6.45) is 3.32. The van der Waals surface area contributed by atoms with Crippen LogP contribution in [-0.2, 0) is 0 Å². The van der Waals surface area contributed by atoms with E-state index in [0.29, 0.717) is 13.1 Å². The second-order valence-corrected chi connectivity index (χ2v) is 5.17. The molecule has 0 aromatic carbocycles. The first kappa shape index (κ1) is 15.2. The van der Waals surface area contributed by atoms with Crippen LogP contribution in [0.4, 0.5) is 4.79 Å². The van der Waals surface area contributed by atoms with E-state index in [1.807, 2.05) is 0 Å². The normalized spacial score (nSPS) is 19.6. The molecule has 0 saturated carbocycles. The fourth-order valence-electron chi connectivity index (χ4n) is 2.17. The lowest BCUT2D eigenvalue weighted by atomic mass is 10.1. The Balaban J connectivity index is 2.10. The van der Waals surface area contributed by atoms with E-state index in [4.69, 9.17) is 5.11 Å². The van der Waals surface area contributed by atoms with Gasteiger partial charge >= 0.3 is 6.03 Å². The van der Waals surface area contributed by atoms with Gasteiger partial charge in [-0.1, -0.05) is 13.3 Å². The van der Waals surface area contributed by atoms with E-state index in [1.165, 1.54) is 12.8 Å².